The summed E-state index contributed by atoms with van der Waals surface area (Å²) in [5.74, 6) is -1.33. The van der Waals surface area contributed by atoms with Gasteiger partial charge in [-0.2, -0.15) is 0 Å². The van der Waals surface area contributed by atoms with Crippen molar-refractivity contribution in [2.45, 2.75) is 361 Å². The summed E-state index contributed by atoms with van der Waals surface area (Å²) in [5, 5.41) is 10.5. The Morgan fingerprint density at radius 3 is 0.826 bits per heavy atom. The van der Waals surface area contributed by atoms with Crippen molar-refractivity contribution in [3.8, 4) is 0 Å². The summed E-state index contributed by atoms with van der Waals surface area (Å²) in [4.78, 5) is 72.1. The lowest BCUT2D eigenvalue weighted by atomic mass is 9.99. The average molecular weight is 1270 g/mol. The Labute approximate surface area is 524 Å². The number of unbranched alkanes of at least 4 members (excludes halogenated alkanes) is 38. The predicted octanol–water partition coefficient (Wildman–Crippen LogP) is 19.0. The van der Waals surface area contributed by atoms with Gasteiger partial charge < -0.3 is 33.8 Å². The molecule has 0 aliphatic heterocycles. The number of hydrogen-bond donors (Lipinski definition) is 3. The summed E-state index contributed by atoms with van der Waals surface area (Å²) in [7, 11) is -9.88. The van der Waals surface area contributed by atoms with Gasteiger partial charge in [0.15, 0.2) is 12.2 Å². The van der Waals surface area contributed by atoms with Crippen LogP contribution < -0.4 is 0 Å². The Morgan fingerprint density at radius 2 is 0.558 bits per heavy atom. The molecule has 0 spiro atoms. The van der Waals surface area contributed by atoms with Gasteiger partial charge in [-0.05, 0) is 31.6 Å². The van der Waals surface area contributed by atoms with E-state index in [-0.39, 0.29) is 25.7 Å². The molecule has 3 unspecified atom stereocenters. The SMILES string of the molecule is CCCCCCCCCCCCCCCCCCC(=O)O[C@H](COC(=O)CCCCCCCCCCCCC(C)CC)COP(=O)(O)OC[C@@H](O)COP(=O)(O)OC[C@@H](COC(=O)CCCCCCC)OC(=O)CCCCCCCCCCCCC. The number of aliphatic hydroxyl groups is 1. The van der Waals surface area contributed by atoms with Crippen molar-refractivity contribution in [2.75, 3.05) is 39.6 Å². The third-order valence-corrected chi connectivity index (χ3v) is 17.8. The molecule has 510 valence electrons. The third kappa shape index (κ3) is 59.7. The minimum absolute atomic E-state index is 0.106. The van der Waals surface area contributed by atoms with Gasteiger partial charge >= 0.3 is 39.5 Å². The zero-order chi connectivity index (χ0) is 63.5. The first-order chi connectivity index (χ1) is 41.6. The van der Waals surface area contributed by atoms with E-state index in [0.29, 0.717) is 25.7 Å². The lowest BCUT2D eigenvalue weighted by molar-refractivity contribution is -0.161. The lowest BCUT2D eigenvalue weighted by Crippen LogP contribution is -2.30. The van der Waals surface area contributed by atoms with Gasteiger partial charge in [0.05, 0.1) is 26.4 Å². The largest absolute Gasteiger partial charge is 0.472 e. The molecule has 0 heterocycles. The number of carbonyl (C=O) groups is 4. The van der Waals surface area contributed by atoms with E-state index < -0.39 is 97.5 Å². The molecule has 0 aromatic rings. The van der Waals surface area contributed by atoms with Gasteiger partial charge in [0.1, 0.15) is 19.3 Å². The fraction of sp³-hybridized carbons (Fsp3) is 0.940. The van der Waals surface area contributed by atoms with E-state index in [1.54, 1.807) is 0 Å². The van der Waals surface area contributed by atoms with E-state index in [1.165, 1.54) is 161 Å². The normalized spacial score (nSPS) is 14.5. The quantitative estimate of drug-likeness (QED) is 0.0222. The second kappa shape index (κ2) is 60.6. The van der Waals surface area contributed by atoms with Crippen LogP contribution in [-0.2, 0) is 65.4 Å². The van der Waals surface area contributed by atoms with Crippen LogP contribution in [0.4, 0.5) is 0 Å². The summed E-state index contributed by atoms with van der Waals surface area (Å²) in [6.07, 6.45) is 46.0. The van der Waals surface area contributed by atoms with Crippen LogP contribution in [0.25, 0.3) is 0 Å². The van der Waals surface area contributed by atoms with Crippen LogP contribution in [-0.4, -0.2) is 96.7 Å². The second-order valence-corrected chi connectivity index (χ2v) is 27.4. The molecule has 3 N–H and O–H groups in total. The summed E-state index contributed by atoms with van der Waals surface area (Å²) >= 11 is 0. The second-order valence-electron chi connectivity index (χ2n) is 24.5. The predicted molar refractivity (Wildman–Crippen MR) is 345 cm³/mol. The summed E-state index contributed by atoms with van der Waals surface area (Å²) < 4.78 is 68.0. The van der Waals surface area contributed by atoms with Crippen molar-refractivity contribution in [2.24, 2.45) is 5.92 Å². The number of aliphatic hydroxyl groups excluding tert-OH is 1. The van der Waals surface area contributed by atoms with E-state index in [2.05, 4.69) is 34.6 Å². The van der Waals surface area contributed by atoms with Crippen molar-refractivity contribution in [3.05, 3.63) is 0 Å². The molecule has 0 fully saturated rings. The van der Waals surface area contributed by atoms with Crippen molar-refractivity contribution >= 4 is 39.5 Å². The number of phosphoric ester groups is 2. The molecule has 19 heteroatoms. The lowest BCUT2D eigenvalue weighted by Gasteiger charge is -2.21. The molecule has 86 heavy (non-hydrogen) atoms. The zero-order valence-electron chi connectivity index (χ0n) is 55.4. The van der Waals surface area contributed by atoms with Crippen molar-refractivity contribution in [1.29, 1.82) is 0 Å². The molecule has 6 atom stereocenters. The zero-order valence-corrected chi connectivity index (χ0v) is 57.2. The van der Waals surface area contributed by atoms with Gasteiger partial charge in [0.2, 0.25) is 0 Å². The van der Waals surface area contributed by atoms with Crippen LogP contribution in [0, 0.1) is 5.92 Å². The van der Waals surface area contributed by atoms with Gasteiger partial charge in [0, 0.05) is 25.7 Å². The Bertz CT molecular complexity index is 1670. The molecule has 0 aliphatic rings. The Balaban J connectivity index is 5.17. The van der Waals surface area contributed by atoms with Gasteiger partial charge in [0.25, 0.3) is 0 Å². The third-order valence-electron chi connectivity index (χ3n) is 15.9. The molecule has 0 saturated heterocycles. The minimum Gasteiger partial charge on any atom is -0.462 e. The molecular formula is C67H130O17P2. The fourth-order valence-corrected chi connectivity index (χ4v) is 11.7. The summed E-state index contributed by atoms with van der Waals surface area (Å²) in [5.41, 5.74) is 0. The molecular weight excluding hydrogens is 1140 g/mol. The first-order valence-electron chi connectivity index (χ1n) is 35.2. The van der Waals surface area contributed by atoms with Crippen LogP contribution in [0.15, 0.2) is 0 Å². The smallest absolute Gasteiger partial charge is 0.462 e. The number of carbonyl (C=O) groups excluding carboxylic acids is 4. The highest BCUT2D eigenvalue weighted by molar-refractivity contribution is 7.47. The molecule has 0 radical (unpaired) electrons. The Hall–Kier alpha value is -1.94. The number of phosphoric acid groups is 2. The topological polar surface area (TPSA) is 237 Å². The van der Waals surface area contributed by atoms with Gasteiger partial charge in [-0.15, -0.1) is 0 Å². The van der Waals surface area contributed by atoms with Gasteiger partial charge in [-0.1, -0.05) is 291 Å². The monoisotopic (exact) mass is 1270 g/mol. The molecule has 17 nitrogen and oxygen atoms in total. The molecule has 0 aliphatic carbocycles. The molecule has 0 amide bonds. The molecule has 0 rings (SSSR count). The number of ether oxygens (including phenoxy) is 4. The Kier molecular flexibility index (Phi) is 59.2. The van der Waals surface area contributed by atoms with E-state index in [1.807, 2.05) is 0 Å². The van der Waals surface area contributed by atoms with Crippen LogP contribution in [0.3, 0.4) is 0 Å². The van der Waals surface area contributed by atoms with Crippen LogP contribution in [0.1, 0.15) is 343 Å². The highest BCUT2D eigenvalue weighted by atomic mass is 31.2. The number of rotatable bonds is 67. The van der Waals surface area contributed by atoms with Crippen LogP contribution >= 0.6 is 15.6 Å². The van der Waals surface area contributed by atoms with E-state index in [0.717, 1.165) is 102 Å². The number of hydrogen-bond acceptors (Lipinski definition) is 15. The van der Waals surface area contributed by atoms with E-state index in [9.17, 15) is 43.2 Å². The Morgan fingerprint density at radius 1 is 0.326 bits per heavy atom. The first-order valence-corrected chi connectivity index (χ1v) is 38.2. The van der Waals surface area contributed by atoms with Crippen molar-refractivity contribution in [3.63, 3.8) is 0 Å². The molecule has 0 saturated carbocycles. The molecule has 0 bridgehead atoms. The first kappa shape index (κ1) is 84.1. The van der Waals surface area contributed by atoms with Crippen molar-refractivity contribution in [1.82, 2.24) is 0 Å². The fourth-order valence-electron chi connectivity index (χ4n) is 10.1. The maximum Gasteiger partial charge on any atom is 0.472 e. The van der Waals surface area contributed by atoms with Crippen molar-refractivity contribution < 1.29 is 80.2 Å². The number of esters is 4. The summed E-state index contributed by atoms with van der Waals surface area (Å²) in [6, 6.07) is 0. The van der Waals surface area contributed by atoms with E-state index >= 15 is 0 Å². The maximum atomic E-state index is 13.0. The highest BCUT2D eigenvalue weighted by Gasteiger charge is 2.30. The minimum atomic E-state index is -4.95. The van der Waals surface area contributed by atoms with Crippen LogP contribution in [0.2, 0.25) is 0 Å². The van der Waals surface area contributed by atoms with Crippen LogP contribution in [0.5, 0.6) is 0 Å². The van der Waals surface area contributed by atoms with Gasteiger partial charge in [-0.3, -0.25) is 37.3 Å². The molecule has 0 aromatic carbocycles. The molecule has 0 aromatic heterocycles. The maximum absolute atomic E-state index is 13.0. The summed E-state index contributed by atoms with van der Waals surface area (Å²) in [6.45, 7) is 7.17. The van der Waals surface area contributed by atoms with E-state index in [4.69, 9.17) is 37.0 Å². The highest BCUT2D eigenvalue weighted by Crippen LogP contribution is 2.45. The standard InChI is InChI=1S/C67H130O17P2/c1-6-10-13-16-18-20-22-23-24-25-26-28-34-38-43-48-53-67(72)84-63(57-78-65(70)51-46-41-36-32-30-29-31-35-40-44-49-60(5)9-4)59-82-86(75,76)80-55-61(68)54-79-85(73,74)81-58-62(56-77-64(69)50-45-39-15-12-8-3)83-66(71)52-47-42-37-33-27-21-19-17-14-11-7-2/h60-63,68H,6-59H2,1-5H3,(H,73,74)(H,75,76)/t60?,61-,62+,63+/m0/s1. The van der Waals surface area contributed by atoms with Gasteiger partial charge in [-0.25, -0.2) is 9.13 Å². The average Bonchev–Trinajstić information content (AvgIpc) is 3.70.